The number of hydrogen-bond acceptors (Lipinski definition) is 7. The van der Waals surface area contributed by atoms with E-state index in [1.54, 1.807) is 0 Å². The van der Waals surface area contributed by atoms with Gasteiger partial charge in [-0.05, 0) is 36.7 Å². The van der Waals surface area contributed by atoms with E-state index in [-0.39, 0.29) is 17.2 Å². The molecule has 1 aromatic heterocycles. The number of thioether (sulfide) groups is 1. The maximum absolute atomic E-state index is 12.2. The van der Waals surface area contributed by atoms with Gasteiger partial charge < -0.3 is 4.42 Å². The third-order valence-corrected chi connectivity index (χ3v) is 4.54. The molecule has 0 spiro atoms. The van der Waals surface area contributed by atoms with Crippen molar-refractivity contribution in [1.29, 1.82) is 5.41 Å². The molecule has 2 aliphatic heterocycles. The van der Waals surface area contributed by atoms with Crippen LogP contribution in [-0.2, 0) is 4.79 Å². The van der Waals surface area contributed by atoms with Gasteiger partial charge in [-0.1, -0.05) is 19.8 Å². The number of nitro groups is 1. The Bertz CT molecular complexity index is 839. The number of nitrogens with one attached hydrogen (secondary N) is 1. The number of carbonyl (C=O) groups is 1. The Hall–Kier alpha value is -2.75. The van der Waals surface area contributed by atoms with Crippen molar-refractivity contribution in [3.63, 3.8) is 0 Å². The van der Waals surface area contributed by atoms with Crippen molar-refractivity contribution in [3.05, 3.63) is 33.6 Å². The summed E-state index contributed by atoms with van der Waals surface area (Å²) in [4.78, 5) is 26.1. The molecule has 25 heavy (non-hydrogen) atoms. The zero-order chi connectivity index (χ0) is 18.0. The zero-order valence-electron chi connectivity index (χ0n) is 13.4. The summed E-state index contributed by atoms with van der Waals surface area (Å²) in [6.07, 6.45) is 5.22. The lowest BCUT2D eigenvalue weighted by Crippen LogP contribution is -2.35. The second-order valence-corrected chi connectivity index (χ2v) is 6.44. The first-order valence-electron chi connectivity index (χ1n) is 7.73. The molecule has 0 saturated heterocycles. The molecule has 0 radical (unpaired) electrons. The molecule has 0 saturated carbocycles. The number of unbranched alkanes of at least 4 members (excludes halogenated alkanes) is 2. The average Bonchev–Trinajstić information content (AvgIpc) is 3.19. The van der Waals surface area contributed by atoms with Gasteiger partial charge in [0.1, 0.15) is 15.7 Å². The highest BCUT2D eigenvalue weighted by atomic mass is 32.2. The fourth-order valence-corrected chi connectivity index (χ4v) is 3.25. The molecule has 0 unspecified atom stereocenters. The number of furan rings is 1. The van der Waals surface area contributed by atoms with Gasteiger partial charge in [0.15, 0.2) is 5.84 Å². The summed E-state index contributed by atoms with van der Waals surface area (Å²) in [6, 6.07) is 2.55. The van der Waals surface area contributed by atoms with Gasteiger partial charge in [0.25, 0.3) is 5.91 Å². The monoisotopic (exact) mass is 361 g/mol. The predicted octanol–water partition coefficient (Wildman–Crippen LogP) is 3.39. The van der Waals surface area contributed by atoms with Crippen LogP contribution in [0.3, 0.4) is 0 Å². The number of aliphatic imine (C=N–C) groups is 1. The number of amides is 1. The molecule has 1 aromatic rings. The molecule has 1 N–H and O–H groups in total. The Morgan fingerprint density at radius 2 is 2.24 bits per heavy atom. The SMILES string of the molecule is CCCCCC1=NN2C(=N)C(=Cc3ccc([N+](=O)[O-])o3)C(=O)N=C2S1. The van der Waals surface area contributed by atoms with Crippen molar-refractivity contribution in [2.24, 2.45) is 10.1 Å². The summed E-state index contributed by atoms with van der Waals surface area (Å²) in [5, 5.41) is 25.7. The Morgan fingerprint density at radius 1 is 1.44 bits per heavy atom. The lowest BCUT2D eigenvalue weighted by atomic mass is 10.1. The first kappa shape index (κ1) is 17.1. The van der Waals surface area contributed by atoms with Crippen molar-refractivity contribution in [3.8, 4) is 0 Å². The van der Waals surface area contributed by atoms with Crippen molar-refractivity contribution < 1.29 is 14.1 Å². The van der Waals surface area contributed by atoms with Gasteiger partial charge in [0.05, 0.1) is 11.6 Å². The first-order valence-corrected chi connectivity index (χ1v) is 8.54. The van der Waals surface area contributed by atoms with Crippen LogP contribution in [0, 0.1) is 15.5 Å². The molecular weight excluding hydrogens is 346 g/mol. The zero-order valence-corrected chi connectivity index (χ0v) is 14.2. The highest BCUT2D eigenvalue weighted by Gasteiger charge is 2.35. The maximum atomic E-state index is 12.2. The number of amidine groups is 2. The van der Waals surface area contributed by atoms with Crippen LogP contribution >= 0.6 is 11.8 Å². The van der Waals surface area contributed by atoms with E-state index in [9.17, 15) is 14.9 Å². The average molecular weight is 361 g/mol. The van der Waals surface area contributed by atoms with Crippen LogP contribution in [0.5, 0.6) is 0 Å². The molecule has 0 atom stereocenters. The number of nitrogens with zero attached hydrogens (tertiary/aromatic N) is 4. The molecule has 0 aliphatic carbocycles. The van der Waals surface area contributed by atoms with E-state index in [1.165, 1.54) is 35.0 Å². The number of carbonyl (C=O) groups excluding carboxylic acids is 1. The van der Waals surface area contributed by atoms with Crippen LogP contribution in [-0.4, -0.2) is 31.9 Å². The molecule has 0 bridgehead atoms. The second-order valence-electron chi connectivity index (χ2n) is 5.40. The highest BCUT2D eigenvalue weighted by molar-refractivity contribution is 8.26. The number of hydrogen-bond donors (Lipinski definition) is 1. The van der Waals surface area contributed by atoms with Gasteiger partial charge in [0.2, 0.25) is 5.17 Å². The Morgan fingerprint density at radius 3 is 2.92 bits per heavy atom. The quantitative estimate of drug-likeness (QED) is 0.358. The van der Waals surface area contributed by atoms with Gasteiger partial charge in [-0.2, -0.15) is 15.1 Å². The summed E-state index contributed by atoms with van der Waals surface area (Å²) >= 11 is 1.29. The molecule has 3 heterocycles. The fraction of sp³-hybridized carbons (Fsp3) is 0.333. The molecular formula is C15H15N5O4S. The molecule has 0 fully saturated rings. The summed E-state index contributed by atoms with van der Waals surface area (Å²) in [6.45, 7) is 2.11. The summed E-state index contributed by atoms with van der Waals surface area (Å²) in [5.74, 6) is -1.03. The van der Waals surface area contributed by atoms with E-state index in [0.29, 0.717) is 5.17 Å². The van der Waals surface area contributed by atoms with Crippen molar-refractivity contribution >= 4 is 45.7 Å². The van der Waals surface area contributed by atoms with Crippen LogP contribution in [0.1, 0.15) is 38.4 Å². The molecule has 2 aliphatic rings. The van der Waals surface area contributed by atoms with E-state index < -0.39 is 16.7 Å². The topological polar surface area (TPSA) is 125 Å². The molecule has 130 valence electrons. The lowest BCUT2D eigenvalue weighted by molar-refractivity contribution is -0.402. The molecule has 1 amide bonds. The van der Waals surface area contributed by atoms with Gasteiger partial charge in [-0.3, -0.25) is 20.3 Å². The minimum absolute atomic E-state index is 0.0212. The van der Waals surface area contributed by atoms with Gasteiger partial charge in [0, 0.05) is 0 Å². The van der Waals surface area contributed by atoms with E-state index in [0.717, 1.165) is 30.7 Å². The Kier molecular flexibility index (Phi) is 4.79. The third-order valence-electron chi connectivity index (χ3n) is 3.57. The molecule has 3 rings (SSSR count). The third kappa shape index (κ3) is 3.53. The second kappa shape index (κ2) is 7.01. The lowest BCUT2D eigenvalue weighted by Gasteiger charge is -2.19. The largest absolute Gasteiger partial charge is 0.433 e. The molecule has 0 aromatic carbocycles. The summed E-state index contributed by atoms with van der Waals surface area (Å²) in [5.41, 5.74) is -0.0212. The number of hydrazone groups is 1. The normalized spacial score (nSPS) is 18.4. The van der Waals surface area contributed by atoms with Crippen LogP contribution < -0.4 is 0 Å². The minimum Gasteiger partial charge on any atom is -0.401 e. The van der Waals surface area contributed by atoms with E-state index in [1.807, 2.05) is 0 Å². The molecule has 9 nitrogen and oxygen atoms in total. The van der Waals surface area contributed by atoms with Gasteiger partial charge >= 0.3 is 5.88 Å². The smallest absolute Gasteiger partial charge is 0.401 e. The highest BCUT2D eigenvalue weighted by Crippen LogP contribution is 2.30. The molecule has 10 heteroatoms. The van der Waals surface area contributed by atoms with Gasteiger partial charge in [-0.25, -0.2) is 0 Å². The summed E-state index contributed by atoms with van der Waals surface area (Å²) < 4.78 is 5.01. The predicted molar refractivity (Wildman–Crippen MR) is 94.5 cm³/mol. The van der Waals surface area contributed by atoms with Crippen LogP contribution in [0.25, 0.3) is 6.08 Å². The van der Waals surface area contributed by atoms with Crippen LogP contribution in [0.2, 0.25) is 0 Å². The fourth-order valence-electron chi connectivity index (χ4n) is 2.32. The van der Waals surface area contributed by atoms with Crippen molar-refractivity contribution in [2.75, 3.05) is 0 Å². The van der Waals surface area contributed by atoms with Crippen molar-refractivity contribution in [1.82, 2.24) is 5.01 Å². The maximum Gasteiger partial charge on any atom is 0.433 e. The Balaban J connectivity index is 1.82. The van der Waals surface area contributed by atoms with Crippen LogP contribution in [0.4, 0.5) is 5.88 Å². The van der Waals surface area contributed by atoms with E-state index in [4.69, 9.17) is 9.83 Å². The van der Waals surface area contributed by atoms with Crippen molar-refractivity contribution in [2.45, 2.75) is 32.6 Å². The van der Waals surface area contributed by atoms with E-state index >= 15 is 0 Å². The Labute approximate surface area is 147 Å². The van der Waals surface area contributed by atoms with E-state index in [2.05, 4.69) is 17.0 Å². The van der Waals surface area contributed by atoms with Crippen LogP contribution in [0.15, 0.2) is 32.2 Å². The number of rotatable bonds is 6. The first-order chi connectivity index (χ1) is 12.0. The summed E-state index contributed by atoms with van der Waals surface area (Å²) in [7, 11) is 0. The standard InChI is InChI=1S/C15H15N5O4S/c1-2-3-4-5-11-18-19-13(16)10(14(21)17-15(19)25-11)8-9-6-7-12(24-9)20(22)23/h6-8,16H,2-5H2,1H3. The number of fused-ring (bicyclic) bond motifs is 1. The van der Waals surface area contributed by atoms with Gasteiger partial charge in [-0.15, -0.1) is 0 Å². The minimum atomic E-state index is -0.670.